The lowest BCUT2D eigenvalue weighted by Crippen LogP contribution is -2.14. The van der Waals surface area contributed by atoms with E-state index in [9.17, 15) is 13.2 Å². The molecule has 0 saturated heterocycles. The number of hydrogen-bond acceptors (Lipinski definition) is 4. The molecule has 0 aromatic heterocycles. The van der Waals surface area contributed by atoms with Crippen molar-refractivity contribution in [2.24, 2.45) is 5.92 Å². The van der Waals surface area contributed by atoms with Gasteiger partial charge in [-0.3, -0.25) is 0 Å². The van der Waals surface area contributed by atoms with E-state index >= 15 is 0 Å². The van der Waals surface area contributed by atoms with Crippen LogP contribution in [0.25, 0.3) is 0 Å². The van der Waals surface area contributed by atoms with Gasteiger partial charge in [-0.25, -0.2) is 13.2 Å². The summed E-state index contributed by atoms with van der Waals surface area (Å²) in [6.45, 7) is 3.80. The number of esters is 1. The first-order valence-corrected chi connectivity index (χ1v) is 9.33. The Morgan fingerprint density at radius 2 is 1.86 bits per heavy atom. The normalized spacial score (nSPS) is 16.1. The lowest BCUT2D eigenvalue weighted by atomic mass is 10.1. The molecule has 1 aromatic carbocycles. The molecule has 4 nitrogen and oxygen atoms in total. The highest BCUT2D eigenvalue weighted by molar-refractivity contribution is 8.13. The molecule has 21 heavy (non-hydrogen) atoms. The Balaban J connectivity index is 2.20. The molecule has 1 saturated carbocycles. The number of carbonyl (C=O) groups is 1. The van der Waals surface area contributed by atoms with Gasteiger partial charge in [0.05, 0.1) is 17.1 Å². The van der Waals surface area contributed by atoms with Crippen molar-refractivity contribution in [1.82, 2.24) is 0 Å². The van der Waals surface area contributed by atoms with Crippen molar-refractivity contribution >= 4 is 25.7 Å². The lowest BCUT2D eigenvalue weighted by Gasteiger charge is -2.13. The highest BCUT2D eigenvalue weighted by atomic mass is 35.7. The minimum absolute atomic E-state index is 0.0393. The van der Waals surface area contributed by atoms with Gasteiger partial charge in [0.1, 0.15) is 0 Å². The van der Waals surface area contributed by atoms with E-state index in [1.807, 2.05) is 0 Å². The van der Waals surface area contributed by atoms with Gasteiger partial charge < -0.3 is 4.74 Å². The van der Waals surface area contributed by atoms with Gasteiger partial charge in [0.2, 0.25) is 0 Å². The largest absolute Gasteiger partial charge is 0.462 e. The number of aryl methyl sites for hydroxylation is 2. The third-order valence-electron chi connectivity index (χ3n) is 3.93. The Labute approximate surface area is 129 Å². The van der Waals surface area contributed by atoms with Crippen LogP contribution in [-0.4, -0.2) is 21.0 Å². The summed E-state index contributed by atoms with van der Waals surface area (Å²) in [4.78, 5) is 12.1. The van der Waals surface area contributed by atoms with E-state index in [1.165, 1.54) is 18.9 Å². The zero-order valence-corrected chi connectivity index (χ0v) is 13.8. The monoisotopic (exact) mass is 330 g/mol. The van der Waals surface area contributed by atoms with Gasteiger partial charge in [0, 0.05) is 10.7 Å². The molecular formula is C15H19ClO4S. The number of benzene rings is 1. The van der Waals surface area contributed by atoms with Crippen LogP contribution < -0.4 is 0 Å². The topological polar surface area (TPSA) is 60.4 Å². The average molecular weight is 331 g/mol. The van der Waals surface area contributed by atoms with E-state index in [0.29, 0.717) is 23.7 Å². The molecule has 1 aliphatic rings. The van der Waals surface area contributed by atoms with Crippen LogP contribution in [0.15, 0.2) is 17.0 Å². The van der Waals surface area contributed by atoms with Gasteiger partial charge in [0.15, 0.2) is 0 Å². The Morgan fingerprint density at radius 1 is 1.24 bits per heavy atom. The maximum absolute atomic E-state index is 12.2. The maximum Gasteiger partial charge on any atom is 0.338 e. The highest BCUT2D eigenvalue weighted by Gasteiger charge is 2.21. The molecular weight excluding hydrogens is 312 g/mol. The predicted molar refractivity (Wildman–Crippen MR) is 81.2 cm³/mol. The minimum atomic E-state index is -3.87. The van der Waals surface area contributed by atoms with Crippen molar-refractivity contribution in [1.29, 1.82) is 0 Å². The Hall–Kier alpha value is -1.07. The van der Waals surface area contributed by atoms with Crippen LogP contribution in [0.1, 0.15) is 47.2 Å². The second-order valence-electron chi connectivity index (χ2n) is 5.62. The van der Waals surface area contributed by atoms with Gasteiger partial charge in [-0.15, -0.1) is 0 Å². The third kappa shape index (κ3) is 3.98. The number of carbonyl (C=O) groups excluding carboxylic acids is 1. The van der Waals surface area contributed by atoms with Crippen LogP contribution in [0, 0.1) is 19.8 Å². The Morgan fingerprint density at radius 3 is 2.43 bits per heavy atom. The van der Waals surface area contributed by atoms with Gasteiger partial charge in [-0.1, -0.05) is 18.9 Å². The quantitative estimate of drug-likeness (QED) is 0.625. The molecule has 0 heterocycles. The molecule has 0 radical (unpaired) electrons. The first-order valence-electron chi connectivity index (χ1n) is 7.02. The van der Waals surface area contributed by atoms with Crippen molar-refractivity contribution in [2.75, 3.05) is 6.61 Å². The lowest BCUT2D eigenvalue weighted by molar-refractivity contribution is 0.0441. The molecule has 0 unspecified atom stereocenters. The van der Waals surface area contributed by atoms with Crippen LogP contribution in [-0.2, 0) is 13.8 Å². The summed E-state index contributed by atoms with van der Waals surface area (Å²) in [7, 11) is 1.52. The SMILES string of the molecule is Cc1cc(C)c(S(=O)(=O)Cl)cc1C(=O)OCC1CCCC1. The summed E-state index contributed by atoms with van der Waals surface area (Å²) < 4.78 is 28.4. The van der Waals surface area contributed by atoms with E-state index in [-0.39, 0.29) is 10.5 Å². The average Bonchev–Trinajstić information content (AvgIpc) is 2.87. The van der Waals surface area contributed by atoms with Crippen molar-refractivity contribution in [3.05, 3.63) is 28.8 Å². The molecule has 1 aliphatic carbocycles. The van der Waals surface area contributed by atoms with Crippen LogP contribution in [0.2, 0.25) is 0 Å². The summed E-state index contributed by atoms with van der Waals surface area (Å²) in [6.07, 6.45) is 4.53. The molecule has 0 bridgehead atoms. The van der Waals surface area contributed by atoms with Crippen molar-refractivity contribution < 1.29 is 17.9 Å². The van der Waals surface area contributed by atoms with Crippen LogP contribution in [0.5, 0.6) is 0 Å². The molecule has 0 atom stereocenters. The fourth-order valence-electron chi connectivity index (χ4n) is 2.76. The molecule has 116 valence electrons. The van der Waals surface area contributed by atoms with E-state index in [4.69, 9.17) is 15.4 Å². The first-order chi connectivity index (χ1) is 9.79. The number of ether oxygens (including phenoxy) is 1. The summed E-state index contributed by atoms with van der Waals surface area (Å²) in [5.74, 6) is -0.0584. The molecule has 6 heteroatoms. The minimum Gasteiger partial charge on any atom is -0.462 e. The summed E-state index contributed by atoms with van der Waals surface area (Å²) >= 11 is 0. The second-order valence-corrected chi connectivity index (χ2v) is 8.15. The van der Waals surface area contributed by atoms with E-state index in [0.717, 1.165) is 12.8 Å². The molecule has 1 fully saturated rings. The number of hydrogen-bond donors (Lipinski definition) is 0. The molecule has 0 amide bonds. The Kier molecular flexibility index (Phi) is 4.94. The zero-order valence-electron chi connectivity index (χ0n) is 12.2. The molecule has 2 rings (SSSR count). The third-order valence-corrected chi connectivity index (χ3v) is 5.39. The first kappa shape index (κ1) is 16.3. The number of halogens is 1. The summed E-state index contributed by atoms with van der Waals surface area (Å²) in [5, 5.41) is 0. The van der Waals surface area contributed by atoms with E-state index in [2.05, 4.69) is 0 Å². The molecule has 0 N–H and O–H groups in total. The van der Waals surface area contributed by atoms with Crippen molar-refractivity contribution in [2.45, 2.75) is 44.4 Å². The summed E-state index contributed by atoms with van der Waals surface area (Å²) in [6, 6.07) is 2.95. The van der Waals surface area contributed by atoms with Gasteiger partial charge in [-0.05, 0) is 49.8 Å². The zero-order chi connectivity index (χ0) is 15.6. The van der Waals surface area contributed by atoms with Gasteiger partial charge in [-0.2, -0.15) is 0 Å². The van der Waals surface area contributed by atoms with Gasteiger partial charge >= 0.3 is 5.97 Å². The smallest absolute Gasteiger partial charge is 0.338 e. The molecule has 0 aliphatic heterocycles. The predicted octanol–water partition coefficient (Wildman–Crippen LogP) is 3.58. The fourth-order valence-corrected chi connectivity index (χ4v) is 3.96. The Bertz CT molecular complexity index is 646. The molecule has 1 aromatic rings. The maximum atomic E-state index is 12.2. The highest BCUT2D eigenvalue weighted by Crippen LogP contribution is 2.27. The fraction of sp³-hybridized carbons (Fsp3) is 0.533. The van der Waals surface area contributed by atoms with E-state index < -0.39 is 15.0 Å². The standard InChI is InChI=1S/C15H19ClO4S/c1-10-7-11(2)14(21(16,18)19)8-13(10)15(17)20-9-12-5-3-4-6-12/h7-8,12H,3-6,9H2,1-2H3. The second kappa shape index (κ2) is 6.36. The van der Waals surface area contributed by atoms with Crippen molar-refractivity contribution in [3.8, 4) is 0 Å². The van der Waals surface area contributed by atoms with Crippen LogP contribution in [0.3, 0.4) is 0 Å². The van der Waals surface area contributed by atoms with Crippen LogP contribution in [0.4, 0.5) is 0 Å². The van der Waals surface area contributed by atoms with Crippen molar-refractivity contribution in [3.63, 3.8) is 0 Å². The van der Waals surface area contributed by atoms with Gasteiger partial charge in [0.25, 0.3) is 9.05 Å². The van der Waals surface area contributed by atoms with E-state index in [1.54, 1.807) is 19.9 Å². The summed E-state index contributed by atoms with van der Waals surface area (Å²) in [5.41, 5.74) is 1.47. The number of rotatable bonds is 4. The molecule has 0 spiro atoms. The van der Waals surface area contributed by atoms with Crippen LogP contribution >= 0.6 is 10.7 Å².